The van der Waals surface area contributed by atoms with Crippen LogP contribution >= 0.6 is 0 Å². The molecule has 1 aromatic rings. The molecule has 0 fully saturated rings. The van der Waals surface area contributed by atoms with E-state index in [9.17, 15) is 10.1 Å². The second-order valence-corrected chi connectivity index (χ2v) is 3.45. The first-order valence-electron chi connectivity index (χ1n) is 5.38. The molecule has 1 N–H and O–H groups in total. The molecule has 0 atom stereocenters. The zero-order valence-electron chi connectivity index (χ0n) is 9.43. The molecule has 1 rings (SSSR count). The normalized spacial score (nSPS) is 10.1. The highest BCUT2D eigenvalue weighted by Crippen LogP contribution is 1.96. The van der Waals surface area contributed by atoms with Gasteiger partial charge in [-0.2, -0.15) is 0 Å². The van der Waals surface area contributed by atoms with Gasteiger partial charge in [-0.25, -0.2) is 10.1 Å². The molecule has 0 aliphatic rings. The molecule has 0 aromatic heterocycles. The summed E-state index contributed by atoms with van der Waals surface area (Å²) >= 11 is 0. The van der Waals surface area contributed by atoms with Gasteiger partial charge in [0.25, 0.3) is 0 Å². The quantitative estimate of drug-likeness (QED) is 0.430. The van der Waals surface area contributed by atoms with Gasteiger partial charge in [-0.05, 0) is 12.5 Å². The Balaban J connectivity index is 2.19. The van der Waals surface area contributed by atoms with Gasteiger partial charge in [0, 0.05) is 13.1 Å². The lowest BCUT2D eigenvalue weighted by atomic mass is 10.2. The molecule has 5 nitrogen and oxygen atoms in total. The summed E-state index contributed by atoms with van der Waals surface area (Å²) in [6, 6.07) is 9.98. The average molecular weight is 223 g/mol. The molecule has 0 spiro atoms. The van der Waals surface area contributed by atoms with Crippen LogP contribution in [0.4, 0.5) is 0 Å². The van der Waals surface area contributed by atoms with Gasteiger partial charge >= 0.3 is 0 Å². The van der Waals surface area contributed by atoms with Gasteiger partial charge in [0.15, 0.2) is 5.03 Å². The van der Waals surface area contributed by atoms with E-state index in [1.807, 2.05) is 30.3 Å². The summed E-state index contributed by atoms with van der Waals surface area (Å²) in [7, 11) is 0. The third-order valence-corrected chi connectivity index (χ3v) is 2.31. The number of hydrogen-bond donors (Lipinski definition) is 1. The van der Waals surface area contributed by atoms with Crippen LogP contribution in [0.5, 0.6) is 0 Å². The number of likely N-dealkylation sites (N-methyl/N-ethyl adjacent to an activating group) is 1. The number of nitro groups is 1. The number of nitrogens with one attached hydrogen (secondary N) is 1. The number of hydrogen-bond acceptors (Lipinski definition) is 3. The van der Waals surface area contributed by atoms with Gasteiger partial charge in [-0.1, -0.05) is 30.3 Å². The van der Waals surface area contributed by atoms with Gasteiger partial charge < -0.3 is 5.32 Å². The predicted octanol–water partition coefficient (Wildman–Crippen LogP) is 1.29. The maximum Gasteiger partial charge on any atom is 0.160 e. The zero-order chi connectivity index (χ0) is 11.8. The van der Waals surface area contributed by atoms with Gasteiger partial charge in [0.1, 0.15) is 0 Å². The second-order valence-electron chi connectivity index (χ2n) is 3.45. The van der Waals surface area contributed by atoms with Crippen LogP contribution in [-0.2, 0) is 6.54 Å². The van der Waals surface area contributed by atoms with E-state index in [1.54, 1.807) is 6.92 Å². The van der Waals surface area contributed by atoms with Gasteiger partial charge in [0.2, 0.25) is 0 Å². The molecule has 16 heavy (non-hydrogen) atoms. The van der Waals surface area contributed by atoms with Gasteiger partial charge in [-0.3, -0.25) is 0 Å². The van der Waals surface area contributed by atoms with Crippen LogP contribution < -0.4 is 5.32 Å². The fourth-order valence-corrected chi connectivity index (χ4v) is 1.39. The van der Waals surface area contributed by atoms with Crippen molar-refractivity contribution >= 4 is 0 Å². The van der Waals surface area contributed by atoms with Crippen LogP contribution in [0.15, 0.2) is 30.3 Å². The Morgan fingerprint density at radius 1 is 1.38 bits per heavy atom. The minimum atomic E-state index is -0.357. The number of nitrogens with zero attached hydrogens (tertiary/aromatic N) is 2. The summed E-state index contributed by atoms with van der Waals surface area (Å²) in [5.74, 6) is 0. The Kier molecular flexibility index (Phi) is 5.28. The minimum absolute atomic E-state index is 0.357. The fraction of sp³-hybridized carbons (Fsp3) is 0.455. The van der Waals surface area contributed by atoms with Crippen molar-refractivity contribution in [3.63, 3.8) is 0 Å². The van der Waals surface area contributed by atoms with Gasteiger partial charge in [-0.15, -0.1) is 5.01 Å². The Morgan fingerprint density at radius 3 is 2.62 bits per heavy atom. The van der Waals surface area contributed by atoms with Crippen molar-refractivity contribution in [2.45, 2.75) is 13.5 Å². The smallest absolute Gasteiger partial charge is 0.160 e. The molecule has 0 heterocycles. The number of rotatable bonds is 7. The van der Waals surface area contributed by atoms with Crippen LogP contribution in [0.2, 0.25) is 0 Å². The molecule has 0 amide bonds. The van der Waals surface area contributed by atoms with E-state index in [-0.39, 0.29) is 5.03 Å². The third-order valence-electron chi connectivity index (χ3n) is 2.31. The molecule has 5 heteroatoms. The standard InChI is InChI=1S/C11H17N3O2/c1-2-13(14(15)16)9-8-12-10-11-6-4-3-5-7-11/h3-7,12H,2,8-10H2,1H3. The van der Waals surface area contributed by atoms with E-state index >= 15 is 0 Å². The molecular weight excluding hydrogens is 206 g/mol. The lowest BCUT2D eigenvalue weighted by Crippen LogP contribution is -2.36. The van der Waals surface area contributed by atoms with E-state index in [1.165, 1.54) is 10.6 Å². The highest BCUT2D eigenvalue weighted by atomic mass is 16.7. The van der Waals surface area contributed by atoms with E-state index in [2.05, 4.69) is 5.32 Å². The maximum atomic E-state index is 10.5. The third kappa shape index (κ3) is 4.27. The predicted molar refractivity (Wildman–Crippen MR) is 62.4 cm³/mol. The highest BCUT2D eigenvalue weighted by molar-refractivity contribution is 5.14. The lowest BCUT2D eigenvalue weighted by Gasteiger charge is -2.12. The summed E-state index contributed by atoms with van der Waals surface area (Å²) in [6.45, 7) is 4.00. The first kappa shape index (κ1) is 12.4. The lowest BCUT2D eigenvalue weighted by molar-refractivity contribution is -0.654. The Bertz CT molecular complexity index is 316. The van der Waals surface area contributed by atoms with Crippen LogP contribution in [0, 0.1) is 10.1 Å². The molecule has 1 aromatic carbocycles. The molecule has 0 radical (unpaired) electrons. The summed E-state index contributed by atoms with van der Waals surface area (Å²) in [5, 5.41) is 14.5. The SMILES string of the molecule is CCN(CCNCc1ccccc1)[N+](=O)[O-]. The summed E-state index contributed by atoms with van der Waals surface area (Å²) in [6.07, 6.45) is 0. The zero-order valence-corrected chi connectivity index (χ0v) is 9.43. The summed E-state index contributed by atoms with van der Waals surface area (Å²) < 4.78 is 0. The molecular formula is C11H17N3O2. The molecule has 0 saturated heterocycles. The van der Waals surface area contributed by atoms with Crippen LogP contribution in [0.25, 0.3) is 0 Å². The number of benzene rings is 1. The molecule has 0 bridgehead atoms. The monoisotopic (exact) mass is 223 g/mol. The van der Waals surface area contributed by atoms with E-state index in [0.29, 0.717) is 19.6 Å². The van der Waals surface area contributed by atoms with Crippen molar-refractivity contribution in [1.82, 2.24) is 10.3 Å². The number of hydrazine groups is 1. The van der Waals surface area contributed by atoms with E-state index < -0.39 is 0 Å². The highest BCUT2D eigenvalue weighted by Gasteiger charge is 2.09. The van der Waals surface area contributed by atoms with Crippen LogP contribution in [0.1, 0.15) is 12.5 Å². The first-order chi connectivity index (χ1) is 7.74. The molecule has 0 unspecified atom stereocenters. The minimum Gasteiger partial charge on any atom is -0.311 e. The van der Waals surface area contributed by atoms with Gasteiger partial charge in [0.05, 0.1) is 13.1 Å². The van der Waals surface area contributed by atoms with Crippen molar-refractivity contribution in [3.8, 4) is 0 Å². The second kappa shape index (κ2) is 6.79. The molecule has 0 saturated carbocycles. The maximum absolute atomic E-state index is 10.5. The van der Waals surface area contributed by atoms with Crippen molar-refractivity contribution in [3.05, 3.63) is 46.0 Å². The summed E-state index contributed by atoms with van der Waals surface area (Å²) in [5.41, 5.74) is 1.19. The Labute approximate surface area is 95.2 Å². The topological polar surface area (TPSA) is 58.4 Å². The fourth-order valence-electron chi connectivity index (χ4n) is 1.39. The van der Waals surface area contributed by atoms with Crippen molar-refractivity contribution in [1.29, 1.82) is 0 Å². The van der Waals surface area contributed by atoms with Crippen molar-refractivity contribution in [2.24, 2.45) is 0 Å². The first-order valence-corrected chi connectivity index (χ1v) is 5.38. The van der Waals surface area contributed by atoms with Crippen molar-refractivity contribution in [2.75, 3.05) is 19.6 Å². The molecule has 88 valence electrons. The Morgan fingerprint density at radius 2 is 2.06 bits per heavy atom. The molecule has 0 aliphatic heterocycles. The Hall–Kier alpha value is -1.62. The molecule has 0 aliphatic carbocycles. The van der Waals surface area contributed by atoms with Crippen LogP contribution in [-0.4, -0.2) is 29.7 Å². The van der Waals surface area contributed by atoms with E-state index in [0.717, 1.165) is 6.54 Å². The summed E-state index contributed by atoms with van der Waals surface area (Å²) in [4.78, 5) is 10.5. The largest absolute Gasteiger partial charge is 0.311 e. The van der Waals surface area contributed by atoms with E-state index in [4.69, 9.17) is 0 Å². The van der Waals surface area contributed by atoms with Crippen LogP contribution in [0.3, 0.4) is 0 Å². The van der Waals surface area contributed by atoms with Crippen molar-refractivity contribution < 1.29 is 5.03 Å². The average Bonchev–Trinajstić information content (AvgIpc) is 2.30.